The lowest BCUT2D eigenvalue weighted by atomic mass is 10.0. The molecule has 0 aromatic carbocycles. The van der Waals surface area contributed by atoms with Crippen LogP contribution in [0.15, 0.2) is 97.2 Å². The number of carbonyl (C=O) groups excluding carboxylic acids is 3. The first kappa shape index (κ1) is 72.3. The minimum absolute atomic E-state index is 0.0809. The summed E-state index contributed by atoms with van der Waals surface area (Å²) in [5, 5.41) is 0. The molecule has 0 heterocycles. The molecule has 1 unspecified atom stereocenters. The predicted molar refractivity (Wildman–Crippen MR) is 330 cm³/mol. The monoisotopic (exact) mass is 1060 g/mol. The summed E-state index contributed by atoms with van der Waals surface area (Å²) >= 11 is 0. The van der Waals surface area contributed by atoms with E-state index in [1.807, 2.05) is 0 Å². The Labute approximate surface area is 470 Å². The number of allylic oxidation sites excluding steroid dienone is 16. The average Bonchev–Trinajstić information content (AvgIpc) is 3.42. The van der Waals surface area contributed by atoms with Gasteiger partial charge in [0.1, 0.15) is 13.2 Å². The molecule has 0 bridgehead atoms. The van der Waals surface area contributed by atoms with Crippen LogP contribution in [0.4, 0.5) is 0 Å². The van der Waals surface area contributed by atoms with Crippen molar-refractivity contribution in [2.24, 2.45) is 0 Å². The molecule has 0 aliphatic rings. The van der Waals surface area contributed by atoms with Crippen LogP contribution >= 0.6 is 0 Å². The normalized spacial score (nSPS) is 12.7. The van der Waals surface area contributed by atoms with Gasteiger partial charge in [-0.2, -0.15) is 0 Å². The number of esters is 3. The summed E-state index contributed by atoms with van der Waals surface area (Å²) in [6, 6.07) is 0. The van der Waals surface area contributed by atoms with Crippen LogP contribution in [0.5, 0.6) is 0 Å². The summed E-state index contributed by atoms with van der Waals surface area (Å²) < 4.78 is 17.0. The quantitative estimate of drug-likeness (QED) is 0.0261. The average molecular weight is 1060 g/mol. The molecule has 0 radical (unpaired) electrons. The number of hydrogen-bond acceptors (Lipinski definition) is 6. The summed E-state index contributed by atoms with van der Waals surface area (Å²) in [6.07, 6.45) is 85.5. The minimum atomic E-state index is -0.786. The van der Waals surface area contributed by atoms with Crippen molar-refractivity contribution in [3.63, 3.8) is 0 Å². The van der Waals surface area contributed by atoms with E-state index < -0.39 is 6.10 Å². The number of hydrogen-bond donors (Lipinski definition) is 0. The largest absolute Gasteiger partial charge is 0.462 e. The lowest BCUT2D eigenvalue weighted by molar-refractivity contribution is -0.167. The summed E-state index contributed by atoms with van der Waals surface area (Å²) in [7, 11) is 0. The first-order valence-corrected chi connectivity index (χ1v) is 32.2. The lowest BCUT2D eigenvalue weighted by Crippen LogP contribution is -2.30. The highest BCUT2D eigenvalue weighted by atomic mass is 16.6. The number of rotatable bonds is 58. The van der Waals surface area contributed by atoms with E-state index in [1.165, 1.54) is 148 Å². The van der Waals surface area contributed by atoms with E-state index in [0.717, 1.165) is 122 Å². The molecule has 0 saturated heterocycles. The molecule has 0 fully saturated rings. The number of unbranched alkanes of at least 4 members (excludes halogenated alkanes) is 31. The molecule has 436 valence electrons. The van der Waals surface area contributed by atoms with Gasteiger partial charge >= 0.3 is 17.9 Å². The fourth-order valence-corrected chi connectivity index (χ4v) is 9.07. The first-order valence-electron chi connectivity index (χ1n) is 32.2. The second kappa shape index (κ2) is 63.9. The maximum absolute atomic E-state index is 12.9. The van der Waals surface area contributed by atoms with Crippen molar-refractivity contribution in [2.45, 2.75) is 316 Å². The van der Waals surface area contributed by atoms with Crippen LogP contribution in [0.2, 0.25) is 0 Å². The molecule has 0 aliphatic heterocycles. The Bertz CT molecular complexity index is 1490. The van der Waals surface area contributed by atoms with Gasteiger partial charge in [0.15, 0.2) is 6.10 Å². The van der Waals surface area contributed by atoms with Gasteiger partial charge in [-0.05, 0) is 96.3 Å². The fraction of sp³-hybridized carbons (Fsp3) is 0.729. The zero-order chi connectivity index (χ0) is 55.0. The van der Waals surface area contributed by atoms with Crippen LogP contribution in [0.25, 0.3) is 0 Å². The minimum Gasteiger partial charge on any atom is -0.462 e. The Hall–Kier alpha value is -3.67. The summed E-state index contributed by atoms with van der Waals surface area (Å²) in [5.41, 5.74) is 0. The molecule has 6 nitrogen and oxygen atoms in total. The summed E-state index contributed by atoms with van der Waals surface area (Å²) in [4.78, 5) is 38.4. The van der Waals surface area contributed by atoms with E-state index >= 15 is 0 Å². The van der Waals surface area contributed by atoms with Crippen LogP contribution in [0.3, 0.4) is 0 Å². The molecular weight excluding hydrogens is 937 g/mol. The van der Waals surface area contributed by atoms with Gasteiger partial charge in [0.25, 0.3) is 0 Å². The van der Waals surface area contributed by atoms with Crippen LogP contribution in [-0.2, 0) is 28.6 Å². The fourth-order valence-electron chi connectivity index (χ4n) is 9.07. The van der Waals surface area contributed by atoms with Gasteiger partial charge in [0.05, 0.1) is 0 Å². The lowest BCUT2D eigenvalue weighted by Gasteiger charge is -2.18. The van der Waals surface area contributed by atoms with E-state index in [-0.39, 0.29) is 31.1 Å². The van der Waals surface area contributed by atoms with Gasteiger partial charge in [0.2, 0.25) is 0 Å². The van der Waals surface area contributed by atoms with Crippen molar-refractivity contribution in [1.82, 2.24) is 0 Å². The maximum atomic E-state index is 12.9. The molecule has 0 aliphatic carbocycles. The van der Waals surface area contributed by atoms with E-state index in [2.05, 4.69) is 118 Å². The Kier molecular flexibility index (Phi) is 60.8. The molecule has 0 saturated carbocycles. The van der Waals surface area contributed by atoms with Crippen LogP contribution in [0.1, 0.15) is 310 Å². The molecule has 1 atom stereocenters. The van der Waals surface area contributed by atoms with Gasteiger partial charge in [0, 0.05) is 19.3 Å². The van der Waals surface area contributed by atoms with Gasteiger partial charge < -0.3 is 14.2 Å². The standard InChI is InChI=1S/C70H120O6/c1-4-7-10-13-16-19-22-25-28-31-33-35-37-39-42-45-48-51-54-57-60-63-69(72)75-66-67(65-74-68(71)62-59-56-53-50-47-44-41-30-27-24-21-18-15-12-9-6-3)76-70(73)64-61-58-55-52-49-46-43-40-38-36-34-32-29-26-23-20-17-14-11-8-5-2/h7-8,10-11,16-17,19-20,25-26,28-29,33-36,67H,4-6,9,12-15,18,21-24,27,30-32,37-66H2,1-3H3/b10-7-,11-8-,19-16-,20-17-,28-25-,29-26-,35-33-,36-34-. The van der Waals surface area contributed by atoms with E-state index in [0.29, 0.717) is 19.3 Å². The van der Waals surface area contributed by atoms with Crippen molar-refractivity contribution < 1.29 is 28.6 Å². The van der Waals surface area contributed by atoms with Gasteiger partial charge in [-0.15, -0.1) is 0 Å². The molecule has 0 aromatic rings. The second-order valence-electron chi connectivity index (χ2n) is 21.3. The topological polar surface area (TPSA) is 78.9 Å². The Morgan fingerprint density at radius 1 is 0.276 bits per heavy atom. The summed E-state index contributed by atoms with van der Waals surface area (Å²) in [5.74, 6) is -0.884. The van der Waals surface area contributed by atoms with Gasteiger partial charge in [-0.1, -0.05) is 291 Å². The first-order chi connectivity index (χ1) is 37.5. The SMILES string of the molecule is CC/C=C\C/C=C\C/C=C\C/C=C\CCCCCCCCCCC(=O)OCC(COC(=O)CCCCCCCCCCCCCCCCCC)OC(=O)CCCCCCCCCC/C=C\C/C=C\C/C=C\C/C=C\CC. The highest BCUT2D eigenvalue weighted by Crippen LogP contribution is 2.17. The highest BCUT2D eigenvalue weighted by molar-refractivity contribution is 5.71. The Morgan fingerprint density at radius 3 is 0.803 bits per heavy atom. The van der Waals surface area contributed by atoms with E-state index in [9.17, 15) is 14.4 Å². The van der Waals surface area contributed by atoms with Crippen LogP contribution in [0, 0.1) is 0 Å². The molecule has 0 spiro atoms. The third-order valence-electron chi connectivity index (χ3n) is 13.8. The smallest absolute Gasteiger partial charge is 0.306 e. The van der Waals surface area contributed by atoms with E-state index in [1.54, 1.807) is 0 Å². The van der Waals surface area contributed by atoms with Crippen LogP contribution < -0.4 is 0 Å². The molecular formula is C70H120O6. The van der Waals surface area contributed by atoms with Crippen molar-refractivity contribution in [3.8, 4) is 0 Å². The highest BCUT2D eigenvalue weighted by Gasteiger charge is 2.19. The van der Waals surface area contributed by atoms with Crippen LogP contribution in [-0.4, -0.2) is 37.2 Å². The maximum Gasteiger partial charge on any atom is 0.306 e. The van der Waals surface area contributed by atoms with Crippen molar-refractivity contribution in [1.29, 1.82) is 0 Å². The van der Waals surface area contributed by atoms with Gasteiger partial charge in [-0.3, -0.25) is 14.4 Å². The van der Waals surface area contributed by atoms with E-state index in [4.69, 9.17) is 14.2 Å². The zero-order valence-electron chi connectivity index (χ0n) is 50.0. The summed E-state index contributed by atoms with van der Waals surface area (Å²) in [6.45, 7) is 6.44. The molecule has 6 heteroatoms. The molecule has 0 amide bonds. The third-order valence-corrected chi connectivity index (χ3v) is 13.8. The molecule has 76 heavy (non-hydrogen) atoms. The Balaban J connectivity index is 4.40. The molecule has 0 aromatic heterocycles. The number of carbonyl (C=O) groups is 3. The van der Waals surface area contributed by atoms with Crippen molar-refractivity contribution in [2.75, 3.05) is 13.2 Å². The van der Waals surface area contributed by atoms with Crippen molar-refractivity contribution >= 4 is 17.9 Å². The zero-order valence-corrected chi connectivity index (χ0v) is 50.0. The van der Waals surface area contributed by atoms with Gasteiger partial charge in [-0.25, -0.2) is 0 Å². The molecule has 0 N–H and O–H groups in total. The Morgan fingerprint density at radius 2 is 0.513 bits per heavy atom. The third kappa shape index (κ3) is 61.2. The second-order valence-corrected chi connectivity index (χ2v) is 21.3. The molecule has 0 rings (SSSR count). The predicted octanol–water partition coefficient (Wildman–Crippen LogP) is 22.0. The number of ether oxygens (including phenoxy) is 3. The van der Waals surface area contributed by atoms with Crippen molar-refractivity contribution in [3.05, 3.63) is 97.2 Å².